The first kappa shape index (κ1) is 22.8. The second-order valence-electron chi connectivity index (χ2n) is 8.02. The maximum Gasteiger partial charge on any atom is 0.416 e. The summed E-state index contributed by atoms with van der Waals surface area (Å²) in [6.45, 7) is 4.84. The molecule has 0 aliphatic carbocycles. The number of carbonyl (C=O) groups excluding carboxylic acids is 3. The number of alkyl halides is 3. The van der Waals surface area contributed by atoms with E-state index in [1.807, 2.05) is 4.90 Å². The van der Waals surface area contributed by atoms with Gasteiger partial charge in [0.15, 0.2) is 0 Å². The van der Waals surface area contributed by atoms with E-state index < -0.39 is 35.5 Å². The average molecular weight is 461 g/mol. The zero-order valence-corrected chi connectivity index (χ0v) is 18.0. The molecule has 0 bridgehead atoms. The van der Waals surface area contributed by atoms with Crippen LogP contribution in [0.15, 0.2) is 36.4 Å². The summed E-state index contributed by atoms with van der Waals surface area (Å²) < 4.78 is 45.3. The van der Waals surface area contributed by atoms with Gasteiger partial charge in [0.1, 0.15) is 6.04 Å². The summed E-state index contributed by atoms with van der Waals surface area (Å²) in [6, 6.07) is 6.68. The molecular weight excluding hydrogens is 439 g/mol. The number of benzene rings is 2. The largest absolute Gasteiger partial charge is 0.416 e. The lowest BCUT2D eigenvalue weighted by Crippen LogP contribution is -2.45. The number of anilines is 2. The Kier molecular flexibility index (Phi) is 5.87. The third-order valence-electron chi connectivity index (χ3n) is 5.77. The Balaban J connectivity index is 1.62. The smallest absolute Gasteiger partial charge is 0.378 e. The van der Waals surface area contributed by atoms with Gasteiger partial charge < -0.3 is 15.0 Å². The van der Waals surface area contributed by atoms with Crippen LogP contribution in [0.3, 0.4) is 0 Å². The minimum atomic E-state index is -4.60. The number of rotatable bonds is 4. The molecule has 0 saturated carbocycles. The zero-order chi connectivity index (χ0) is 23.9. The number of amides is 3. The first-order valence-corrected chi connectivity index (χ1v) is 10.4. The van der Waals surface area contributed by atoms with Crippen molar-refractivity contribution < 1.29 is 32.3 Å². The van der Waals surface area contributed by atoms with Crippen molar-refractivity contribution >= 4 is 29.1 Å². The summed E-state index contributed by atoms with van der Waals surface area (Å²) in [6.07, 6.45) is -4.60. The van der Waals surface area contributed by atoms with Crippen LogP contribution in [0.5, 0.6) is 0 Å². The van der Waals surface area contributed by atoms with Crippen molar-refractivity contribution in [3.8, 4) is 0 Å². The number of fused-ring (bicyclic) bond motifs is 1. The van der Waals surface area contributed by atoms with E-state index in [1.54, 1.807) is 19.1 Å². The fourth-order valence-electron chi connectivity index (χ4n) is 3.97. The second-order valence-corrected chi connectivity index (χ2v) is 8.02. The van der Waals surface area contributed by atoms with E-state index in [-0.39, 0.29) is 16.8 Å². The second kappa shape index (κ2) is 8.51. The number of nitrogens with zero attached hydrogens (tertiary/aromatic N) is 2. The molecule has 2 aromatic carbocycles. The number of hydrogen-bond donors (Lipinski definition) is 1. The number of hydrogen-bond acceptors (Lipinski definition) is 5. The lowest BCUT2D eigenvalue weighted by molar-refractivity contribution is -0.137. The van der Waals surface area contributed by atoms with E-state index in [4.69, 9.17) is 4.74 Å². The van der Waals surface area contributed by atoms with Crippen LogP contribution in [-0.2, 0) is 15.7 Å². The maximum absolute atomic E-state index is 13.3. The summed E-state index contributed by atoms with van der Waals surface area (Å²) in [5.74, 6) is -2.00. The Labute approximate surface area is 188 Å². The summed E-state index contributed by atoms with van der Waals surface area (Å²) in [7, 11) is 0. The molecule has 33 heavy (non-hydrogen) atoms. The van der Waals surface area contributed by atoms with Gasteiger partial charge in [0.2, 0.25) is 5.91 Å². The molecule has 2 heterocycles. The molecule has 2 aliphatic heterocycles. The van der Waals surface area contributed by atoms with Crippen molar-refractivity contribution in [3.63, 3.8) is 0 Å². The minimum absolute atomic E-state index is 0.0453. The summed E-state index contributed by atoms with van der Waals surface area (Å²) >= 11 is 0. The van der Waals surface area contributed by atoms with Gasteiger partial charge in [-0.1, -0.05) is 11.6 Å². The number of carbonyl (C=O) groups is 3. The lowest BCUT2D eigenvalue weighted by Gasteiger charge is -2.31. The lowest BCUT2D eigenvalue weighted by atomic mass is 10.1. The van der Waals surface area contributed by atoms with Gasteiger partial charge in [-0.15, -0.1) is 0 Å². The predicted octanol–water partition coefficient (Wildman–Crippen LogP) is 3.47. The van der Waals surface area contributed by atoms with E-state index in [9.17, 15) is 27.6 Å². The molecule has 10 heteroatoms. The van der Waals surface area contributed by atoms with Crippen LogP contribution in [0.25, 0.3) is 0 Å². The van der Waals surface area contributed by atoms with E-state index in [1.165, 1.54) is 19.1 Å². The molecule has 0 radical (unpaired) electrons. The quantitative estimate of drug-likeness (QED) is 0.706. The Bertz CT molecular complexity index is 1130. The van der Waals surface area contributed by atoms with Crippen molar-refractivity contribution in [3.05, 3.63) is 58.7 Å². The van der Waals surface area contributed by atoms with E-state index in [2.05, 4.69) is 5.32 Å². The van der Waals surface area contributed by atoms with Crippen molar-refractivity contribution in [2.24, 2.45) is 0 Å². The number of aryl methyl sites for hydroxylation is 1. The van der Waals surface area contributed by atoms with Crippen LogP contribution in [0.4, 0.5) is 24.5 Å². The van der Waals surface area contributed by atoms with Crippen LogP contribution < -0.4 is 10.2 Å². The fraction of sp³-hybridized carbons (Fsp3) is 0.348. The van der Waals surface area contributed by atoms with Gasteiger partial charge in [-0.3, -0.25) is 19.3 Å². The van der Waals surface area contributed by atoms with Gasteiger partial charge in [-0.05, 0) is 44.2 Å². The monoisotopic (exact) mass is 461 g/mol. The van der Waals surface area contributed by atoms with E-state index in [0.29, 0.717) is 32.0 Å². The molecule has 1 unspecified atom stereocenters. The number of morpholine rings is 1. The number of ether oxygens (including phenoxy) is 1. The van der Waals surface area contributed by atoms with Crippen molar-refractivity contribution in [2.75, 3.05) is 36.5 Å². The molecule has 174 valence electrons. The summed E-state index contributed by atoms with van der Waals surface area (Å²) in [5, 5.41) is 2.51. The van der Waals surface area contributed by atoms with Crippen LogP contribution in [0, 0.1) is 6.92 Å². The first-order chi connectivity index (χ1) is 15.6. The summed E-state index contributed by atoms with van der Waals surface area (Å²) in [5.41, 5.74) is 0.624. The first-order valence-electron chi connectivity index (χ1n) is 10.4. The Morgan fingerprint density at radius 2 is 1.70 bits per heavy atom. The highest BCUT2D eigenvalue weighted by atomic mass is 19.4. The number of halogens is 3. The Hall–Kier alpha value is -3.40. The number of imide groups is 1. The molecule has 2 aliphatic rings. The molecule has 0 spiro atoms. The highest BCUT2D eigenvalue weighted by Crippen LogP contribution is 2.36. The third-order valence-corrected chi connectivity index (χ3v) is 5.77. The average Bonchev–Trinajstić information content (AvgIpc) is 3.02. The van der Waals surface area contributed by atoms with Crippen molar-refractivity contribution in [2.45, 2.75) is 26.1 Å². The van der Waals surface area contributed by atoms with Gasteiger partial charge >= 0.3 is 6.18 Å². The van der Waals surface area contributed by atoms with Crippen LogP contribution in [-0.4, -0.2) is 55.0 Å². The van der Waals surface area contributed by atoms with Crippen LogP contribution >= 0.6 is 0 Å². The molecule has 3 amide bonds. The molecule has 4 rings (SSSR count). The molecule has 1 saturated heterocycles. The van der Waals surface area contributed by atoms with Crippen LogP contribution in [0.2, 0.25) is 0 Å². The van der Waals surface area contributed by atoms with E-state index >= 15 is 0 Å². The standard InChI is InChI=1S/C23H22F3N3O4/c1-13-3-5-16-17(11-13)22(32)29(21(16)31)14(2)20(30)27-18-12-15(23(24,25)26)4-6-19(18)28-7-9-33-10-8-28/h3-6,11-12,14H,7-10H2,1-2H3,(H,27,30). The molecule has 7 nitrogen and oxygen atoms in total. The third kappa shape index (κ3) is 4.30. The maximum atomic E-state index is 13.3. The normalized spacial score (nSPS) is 17.2. The minimum Gasteiger partial charge on any atom is -0.378 e. The topological polar surface area (TPSA) is 79.0 Å². The molecule has 1 atom stereocenters. The molecule has 2 aromatic rings. The Morgan fingerprint density at radius 1 is 1.03 bits per heavy atom. The van der Waals surface area contributed by atoms with Gasteiger partial charge in [0.25, 0.3) is 11.8 Å². The molecule has 0 aromatic heterocycles. The molecule has 1 fully saturated rings. The highest BCUT2D eigenvalue weighted by Gasteiger charge is 2.41. The van der Waals surface area contributed by atoms with Gasteiger partial charge in [-0.25, -0.2) is 0 Å². The Morgan fingerprint density at radius 3 is 2.36 bits per heavy atom. The van der Waals surface area contributed by atoms with E-state index in [0.717, 1.165) is 22.6 Å². The highest BCUT2D eigenvalue weighted by molar-refractivity contribution is 6.23. The van der Waals surface area contributed by atoms with Crippen molar-refractivity contribution in [1.82, 2.24) is 4.90 Å². The SMILES string of the molecule is Cc1ccc2c(c1)C(=O)N(C(C)C(=O)Nc1cc(C(F)(F)F)ccc1N1CCOCC1)C2=O. The molecular formula is C23H22F3N3O4. The van der Waals surface area contributed by atoms with Gasteiger partial charge in [0, 0.05) is 13.1 Å². The van der Waals surface area contributed by atoms with Gasteiger partial charge in [0.05, 0.1) is 41.3 Å². The zero-order valence-electron chi connectivity index (χ0n) is 18.0. The fourth-order valence-corrected chi connectivity index (χ4v) is 3.97. The predicted molar refractivity (Wildman–Crippen MR) is 114 cm³/mol. The molecule has 1 N–H and O–H groups in total. The van der Waals surface area contributed by atoms with Gasteiger partial charge in [-0.2, -0.15) is 13.2 Å². The number of nitrogens with one attached hydrogen (secondary N) is 1. The van der Waals surface area contributed by atoms with Crippen molar-refractivity contribution in [1.29, 1.82) is 0 Å². The summed E-state index contributed by atoms with van der Waals surface area (Å²) in [4.78, 5) is 41.3. The van der Waals surface area contributed by atoms with Crippen LogP contribution in [0.1, 0.15) is 38.8 Å².